The van der Waals surface area contributed by atoms with E-state index in [-0.39, 0.29) is 40.0 Å². The van der Waals surface area contributed by atoms with Crippen LogP contribution in [0.3, 0.4) is 0 Å². The van der Waals surface area contributed by atoms with Gasteiger partial charge in [0.15, 0.2) is 0 Å². The maximum absolute atomic E-state index is 4.86. The fourth-order valence-electron chi connectivity index (χ4n) is 0.504. The van der Waals surface area contributed by atoms with Crippen molar-refractivity contribution in [3.63, 3.8) is 0 Å². The van der Waals surface area contributed by atoms with Gasteiger partial charge in [-0.15, -0.1) is 29.1 Å². The van der Waals surface area contributed by atoms with Gasteiger partial charge in [-0.1, -0.05) is 6.92 Å². The van der Waals surface area contributed by atoms with Gasteiger partial charge >= 0.3 is 23.1 Å². The van der Waals surface area contributed by atoms with Crippen LogP contribution in [0.25, 0.3) is 0 Å². The van der Waals surface area contributed by atoms with Crippen LogP contribution in [0.2, 0.25) is 0 Å². The molecular formula is C10H15BrMgO. The molecule has 13 heavy (non-hydrogen) atoms. The van der Waals surface area contributed by atoms with Crippen LogP contribution in [0.5, 0.6) is 5.75 Å². The van der Waals surface area contributed by atoms with E-state index in [0.29, 0.717) is 0 Å². The van der Waals surface area contributed by atoms with E-state index in [1.165, 1.54) is 0 Å². The van der Waals surface area contributed by atoms with Crippen LogP contribution in [-0.4, -0.2) is 30.2 Å². The third kappa shape index (κ3) is 12.3. The summed E-state index contributed by atoms with van der Waals surface area (Å²) in [7, 11) is 1.63. The molecule has 0 atom stereocenters. The normalized spacial score (nSPS) is 6.69. The van der Waals surface area contributed by atoms with Gasteiger partial charge in [0.05, 0.1) is 7.11 Å². The molecule has 1 aromatic carbocycles. The van der Waals surface area contributed by atoms with Crippen LogP contribution in [0, 0.1) is 13.0 Å². The van der Waals surface area contributed by atoms with E-state index in [1.54, 1.807) is 7.11 Å². The molecule has 3 heteroatoms. The van der Waals surface area contributed by atoms with Crippen LogP contribution in [0.1, 0.15) is 13.3 Å². The summed E-state index contributed by atoms with van der Waals surface area (Å²) in [6.45, 7) is 5.50. The Labute approximate surface area is 108 Å². The molecule has 0 fully saturated rings. The Hall–Kier alpha value is 0.266. The Balaban J connectivity index is -0.000000180. The molecule has 0 unspecified atom stereocenters. The first-order chi connectivity index (χ1) is 5.35. The molecule has 0 saturated heterocycles. The summed E-state index contributed by atoms with van der Waals surface area (Å²) < 4.78 is 4.86. The molecule has 0 heterocycles. The Morgan fingerprint density at radius 2 is 2.00 bits per heavy atom. The van der Waals surface area contributed by atoms with Crippen LogP contribution in [0.15, 0.2) is 24.3 Å². The van der Waals surface area contributed by atoms with Crippen LogP contribution >= 0.6 is 17.0 Å². The zero-order valence-corrected chi connectivity index (χ0v) is 11.4. The van der Waals surface area contributed by atoms with E-state index in [0.717, 1.165) is 12.2 Å². The van der Waals surface area contributed by atoms with Gasteiger partial charge in [0.2, 0.25) is 0 Å². The molecular weight excluding hydrogens is 240 g/mol. The minimum Gasteiger partial charge on any atom is -0.523 e. The quantitative estimate of drug-likeness (QED) is 0.554. The Bertz CT molecular complexity index is 168. The number of halogens is 1. The number of ether oxygens (including phenoxy) is 1. The second kappa shape index (κ2) is 14.8. The SMILES string of the molecule is Br.COc1[c-]cccc1.[CH2-]CC.[Mg+2]. The summed E-state index contributed by atoms with van der Waals surface area (Å²) >= 11 is 0. The summed E-state index contributed by atoms with van der Waals surface area (Å²) in [6.07, 6.45) is 1.00. The number of methoxy groups -OCH3 is 1. The van der Waals surface area contributed by atoms with Crippen molar-refractivity contribution in [3.8, 4) is 5.75 Å². The standard InChI is InChI=1S/C7H7O.C3H7.BrH.Mg/c1-8-7-5-3-2-4-6-7;1-3-2;;/h2-5H,1H3;1,3H2,2H3;1H;/q2*-1;;+2. The van der Waals surface area contributed by atoms with Crippen molar-refractivity contribution in [2.24, 2.45) is 0 Å². The van der Waals surface area contributed by atoms with Gasteiger partial charge in [0.25, 0.3) is 0 Å². The Kier molecular flexibility index (Phi) is 21.5. The second-order valence-electron chi connectivity index (χ2n) is 1.93. The number of hydrogen-bond acceptors (Lipinski definition) is 1. The average Bonchev–Trinajstić information content (AvgIpc) is 2.08. The van der Waals surface area contributed by atoms with E-state index in [2.05, 4.69) is 13.0 Å². The van der Waals surface area contributed by atoms with Crippen molar-refractivity contribution in [3.05, 3.63) is 37.3 Å². The van der Waals surface area contributed by atoms with Gasteiger partial charge in [-0.25, -0.2) is 0 Å². The van der Waals surface area contributed by atoms with Crippen molar-refractivity contribution >= 4 is 40.0 Å². The van der Waals surface area contributed by atoms with Crippen molar-refractivity contribution < 1.29 is 4.74 Å². The van der Waals surface area contributed by atoms with Crippen molar-refractivity contribution in [1.82, 2.24) is 0 Å². The molecule has 70 valence electrons. The molecule has 0 radical (unpaired) electrons. The molecule has 1 rings (SSSR count). The van der Waals surface area contributed by atoms with Crippen molar-refractivity contribution in [2.75, 3.05) is 7.11 Å². The molecule has 0 aliphatic heterocycles. The Morgan fingerprint density at radius 1 is 1.46 bits per heavy atom. The van der Waals surface area contributed by atoms with Gasteiger partial charge in [-0.3, -0.25) is 0 Å². The predicted octanol–water partition coefficient (Wildman–Crippen LogP) is 2.92. The molecule has 0 aromatic heterocycles. The minimum atomic E-state index is 0. The van der Waals surface area contributed by atoms with Crippen LogP contribution < -0.4 is 4.74 Å². The van der Waals surface area contributed by atoms with Gasteiger partial charge in [0, 0.05) is 5.75 Å². The van der Waals surface area contributed by atoms with Crippen molar-refractivity contribution in [1.29, 1.82) is 0 Å². The summed E-state index contributed by atoms with van der Waals surface area (Å²) in [5.74, 6) is 0.785. The number of rotatable bonds is 1. The number of benzene rings is 1. The third-order valence-corrected chi connectivity index (χ3v) is 0.900. The largest absolute Gasteiger partial charge is 2.00 e. The molecule has 0 N–H and O–H groups in total. The molecule has 0 spiro atoms. The van der Waals surface area contributed by atoms with E-state index < -0.39 is 0 Å². The third-order valence-electron chi connectivity index (χ3n) is 0.900. The molecule has 0 bridgehead atoms. The first kappa shape index (κ1) is 18.9. The number of hydrogen-bond donors (Lipinski definition) is 0. The number of para-hydroxylation sites is 1. The van der Waals surface area contributed by atoms with Crippen LogP contribution in [0.4, 0.5) is 0 Å². The van der Waals surface area contributed by atoms with Gasteiger partial charge in [-0.05, 0) is 0 Å². The molecule has 0 amide bonds. The first-order valence-electron chi connectivity index (χ1n) is 3.65. The van der Waals surface area contributed by atoms with E-state index in [9.17, 15) is 0 Å². The second-order valence-corrected chi connectivity index (χ2v) is 1.93. The molecule has 1 nitrogen and oxygen atoms in total. The summed E-state index contributed by atoms with van der Waals surface area (Å²) in [6, 6.07) is 10.4. The van der Waals surface area contributed by atoms with Crippen LogP contribution in [-0.2, 0) is 0 Å². The summed E-state index contributed by atoms with van der Waals surface area (Å²) in [5.41, 5.74) is 0. The minimum absolute atomic E-state index is 0. The fraction of sp³-hybridized carbons (Fsp3) is 0.300. The average molecular weight is 255 g/mol. The summed E-state index contributed by atoms with van der Waals surface area (Å²) in [4.78, 5) is 0. The fourth-order valence-corrected chi connectivity index (χ4v) is 0.504. The first-order valence-corrected chi connectivity index (χ1v) is 3.65. The molecule has 1 aromatic rings. The van der Waals surface area contributed by atoms with E-state index in [1.807, 2.05) is 31.2 Å². The molecule has 0 aliphatic rings. The smallest absolute Gasteiger partial charge is 0.523 e. The van der Waals surface area contributed by atoms with Gasteiger partial charge in [-0.2, -0.15) is 24.6 Å². The maximum Gasteiger partial charge on any atom is 2.00 e. The summed E-state index contributed by atoms with van der Waals surface area (Å²) in [5, 5.41) is 0. The predicted molar refractivity (Wildman–Crippen MR) is 63.6 cm³/mol. The van der Waals surface area contributed by atoms with Crippen molar-refractivity contribution in [2.45, 2.75) is 13.3 Å². The monoisotopic (exact) mass is 254 g/mol. The van der Waals surface area contributed by atoms with E-state index in [4.69, 9.17) is 4.74 Å². The zero-order chi connectivity index (χ0) is 8.53. The molecule has 0 saturated carbocycles. The Morgan fingerprint density at radius 3 is 2.23 bits per heavy atom. The molecule has 0 aliphatic carbocycles. The van der Waals surface area contributed by atoms with Gasteiger partial charge < -0.3 is 11.7 Å². The topological polar surface area (TPSA) is 9.23 Å². The van der Waals surface area contributed by atoms with E-state index >= 15 is 0 Å². The zero-order valence-electron chi connectivity index (χ0n) is 8.25. The van der Waals surface area contributed by atoms with Gasteiger partial charge in [0.1, 0.15) is 0 Å². The maximum atomic E-state index is 4.86.